The van der Waals surface area contributed by atoms with Crippen molar-refractivity contribution in [1.82, 2.24) is 44.3 Å². The van der Waals surface area contributed by atoms with E-state index < -0.39 is 0 Å². The molecule has 1 aromatic carbocycles. The molecule has 0 saturated carbocycles. The number of nitrogens with zero attached hydrogens (tertiary/aromatic N) is 8. The molecule has 1 N–H and O–H groups in total. The predicted molar refractivity (Wildman–Crippen MR) is 137 cm³/mol. The number of benzene rings is 1. The Balaban J connectivity index is 1.47. The fraction of sp³-hybridized carbons (Fsp3) is 0.308. The summed E-state index contributed by atoms with van der Waals surface area (Å²) in [6.07, 6.45) is 10.1. The highest BCUT2D eigenvalue weighted by Crippen LogP contribution is 2.29. The molecule has 1 atom stereocenters. The molecule has 5 aromatic rings. The van der Waals surface area contributed by atoms with Crippen LogP contribution < -0.4 is 5.69 Å². The molecule has 0 amide bonds. The number of aryl methyl sites for hydroxylation is 1. The second kappa shape index (κ2) is 10.1. The molecule has 36 heavy (non-hydrogen) atoms. The number of imidazole rings is 2. The van der Waals surface area contributed by atoms with Crippen molar-refractivity contribution >= 4 is 0 Å². The predicted octanol–water partition coefficient (Wildman–Crippen LogP) is 4.05. The number of H-pyrrole nitrogens is 1. The van der Waals surface area contributed by atoms with Gasteiger partial charge in [-0.2, -0.15) is 0 Å². The van der Waals surface area contributed by atoms with Gasteiger partial charge in [0.1, 0.15) is 0 Å². The van der Waals surface area contributed by atoms with Crippen molar-refractivity contribution in [2.24, 2.45) is 0 Å². The number of aromatic amines is 1. The van der Waals surface area contributed by atoms with E-state index in [1.165, 1.54) is 0 Å². The zero-order valence-electron chi connectivity index (χ0n) is 20.7. The first-order valence-corrected chi connectivity index (χ1v) is 12.2. The van der Waals surface area contributed by atoms with Gasteiger partial charge in [-0.25, -0.2) is 19.4 Å². The van der Waals surface area contributed by atoms with Gasteiger partial charge < -0.3 is 4.57 Å². The van der Waals surface area contributed by atoms with E-state index in [1.807, 2.05) is 55.0 Å². The molecule has 5 rings (SSSR count). The van der Waals surface area contributed by atoms with E-state index in [0.29, 0.717) is 18.3 Å². The van der Waals surface area contributed by atoms with Crippen molar-refractivity contribution in [2.75, 3.05) is 0 Å². The third-order valence-corrected chi connectivity index (χ3v) is 6.48. The fourth-order valence-corrected chi connectivity index (χ4v) is 4.38. The Morgan fingerprint density at radius 3 is 2.58 bits per heavy atom. The van der Waals surface area contributed by atoms with Crippen LogP contribution >= 0.6 is 0 Å². The van der Waals surface area contributed by atoms with Gasteiger partial charge in [0.2, 0.25) is 5.95 Å². The third kappa shape index (κ3) is 4.37. The molecule has 0 bridgehead atoms. The zero-order valence-corrected chi connectivity index (χ0v) is 20.7. The van der Waals surface area contributed by atoms with Crippen molar-refractivity contribution in [3.63, 3.8) is 0 Å². The van der Waals surface area contributed by atoms with Gasteiger partial charge in [0.15, 0.2) is 5.82 Å². The van der Waals surface area contributed by atoms with Crippen molar-refractivity contribution in [1.29, 1.82) is 0 Å². The van der Waals surface area contributed by atoms with Crippen LogP contribution in [-0.4, -0.2) is 44.3 Å². The SMILES string of the molecule is CCCc1cn(-c2nccn2C(C)CC)c(=O)n1Cc1ccc(-c2ccccc2-c2nnn[nH]2)cn1. The summed E-state index contributed by atoms with van der Waals surface area (Å²) in [7, 11) is 0. The van der Waals surface area contributed by atoms with Gasteiger partial charge in [0.05, 0.1) is 12.2 Å². The van der Waals surface area contributed by atoms with Gasteiger partial charge >= 0.3 is 5.69 Å². The quantitative estimate of drug-likeness (QED) is 0.338. The van der Waals surface area contributed by atoms with E-state index in [4.69, 9.17) is 4.98 Å². The van der Waals surface area contributed by atoms with E-state index >= 15 is 0 Å². The number of pyridine rings is 1. The summed E-state index contributed by atoms with van der Waals surface area (Å²) < 4.78 is 5.51. The topological polar surface area (TPSA) is 112 Å². The molecular formula is C26H29N9O. The third-order valence-electron chi connectivity index (χ3n) is 6.48. The van der Waals surface area contributed by atoms with Crippen LogP contribution in [0.25, 0.3) is 28.5 Å². The highest BCUT2D eigenvalue weighted by molar-refractivity contribution is 5.79. The van der Waals surface area contributed by atoms with Gasteiger partial charge in [0.25, 0.3) is 0 Å². The molecule has 0 aliphatic rings. The Hall–Kier alpha value is -4.34. The van der Waals surface area contributed by atoms with Gasteiger partial charge in [0, 0.05) is 47.7 Å². The molecule has 1 unspecified atom stereocenters. The van der Waals surface area contributed by atoms with Crippen LogP contribution in [0.3, 0.4) is 0 Å². The van der Waals surface area contributed by atoms with Crippen LogP contribution in [0, 0.1) is 0 Å². The minimum absolute atomic E-state index is 0.108. The van der Waals surface area contributed by atoms with E-state index in [-0.39, 0.29) is 11.7 Å². The second-order valence-corrected chi connectivity index (χ2v) is 8.83. The maximum absolute atomic E-state index is 13.5. The second-order valence-electron chi connectivity index (χ2n) is 8.83. The Morgan fingerprint density at radius 1 is 1.06 bits per heavy atom. The van der Waals surface area contributed by atoms with Gasteiger partial charge in [-0.15, -0.1) is 5.10 Å². The molecule has 4 heterocycles. The first kappa shape index (κ1) is 23.4. The normalized spacial score (nSPS) is 12.2. The van der Waals surface area contributed by atoms with Crippen LogP contribution in [0.5, 0.6) is 0 Å². The van der Waals surface area contributed by atoms with Crippen LogP contribution in [0.2, 0.25) is 0 Å². The van der Waals surface area contributed by atoms with E-state index in [1.54, 1.807) is 15.3 Å². The molecule has 0 radical (unpaired) electrons. The van der Waals surface area contributed by atoms with E-state index in [9.17, 15) is 4.79 Å². The molecule has 0 saturated heterocycles. The molecule has 4 aromatic heterocycles. The minimum Gasteiger partial charge on any atom is -0.314 e. The molecule has 0 spiro atoms. The summed E-state index contributed by atoms with van der Waals surface area (Å²) in [6, 6.07) is 12.1. The summed E-state index contributed by atoms with van der Waals surface area (Å²) in [5, 5.41) is 14.2. The number of nitrogens with one attached hydrogen (secondary N) is 1. The minimum atomic E-state index is -0.108. The van der Waals surface area contributed by atoms with Crippen molar-refractivity contribution in [2.45, 2.75) is 52.6 Å². The Kier molecular flexibility index (Phi) is 6.57. The highest BCUT2D eigenvalue weighted by atomic mass is 16.1. The Morgan fingerprint density at radius 2 is 1.89 bits per heavy atom. The summed E-state index contributed by atoms with van der Waals surface area (Å²) in [4.78, 5) is 22.7. The van der Waals surface area contributed by atoms with Crippen LogP contribution in [0.15, 0.2) is 66.0 Å². The molecule has 0 fully saturated rings. The van der Waals surface area contributed by atoms with Crippen LogP contribution in [-0.2, 0) is 13.0 Å². The maximum atomic E-state index is 13.5. The molecular weight excluding hydrogens is 454 g/mol. The Bertz CT molecular complexity index is 1490. The van der Waals surface area contributed by atoms with Gasteiger partial charge in [-0.3, -0.25) is 9.55 Å². The monoisotopic (exact) mass is 483 g/mol. The number of hydrogen-bond donors (Lipinski definition) is 1. The first-order chi connectivity index (χ1) is 17.6. The molecule has 10 heteroatoms. The number of hydrogen-bond acceptors (Lipinski definition) is 6. The van der Waals surface area contributed by atoms with Gasteiger partial charge in [-0.1, -0.05) is 50.6 Å². The largest absolute Gasteiger partial charge is 0.335 e. The molecule has 184 valence electrons. The molecule has 0 aliphatic heterocycles. The van der Waals surface area contributed by atoms with Gasteiger partial charge in [-0.05, 0) is 41.8 Å². The zero-order chi connectivity index (χ0) is 25.1. The summed E-state index contributed by atoms with van der Waals surface area (Å²) >= 11 is 0. The Labute approximate surface area is 208 Å². The lowest BCUT2D eigenvalue weighted by atomic mass is 10.0. The van der Waals surface area contributed by atoms with Crippen molar-refractivity contribution in [3.8, 4) is 28.5 Å². The average molecular weight is 484 g/mol. The van der Waals surface area contributed by atoms with Crippen LogP contribution in [0.4, 0.5) is 0 Å². The lowest BCUT2D eigenvalue weighted by molar-refractivity contribution is 0.517. The van der Waals surface area contributed by atoms with Crippen molar-refractivity contribution in [3.05, 3.63) is 83.1 Å². The van der Waals surface area contributed by atoms with E-state index in [0.717, 1.165) is 47.3 Å². The lowest BCUT2D eigenvalue weighted by Crippen LogP contribution is -2.27. The average Bonchev–Trinajstić information content (AvgIpc) is 3.67. The summed E-state index contributed by atoms with van der Waals surface area (Å²) in [5.74, 6) is 1.25. The molecule has 0 aliphatic carbocycles. The number of aromatic nitrogens is 9. The summed E-state index contributed by atoms with van der Waals surface area (Å²) in [6.45, 7) is 6.75. The number of rotatable bonds is 9. The van der Waals surface area contributed by atoms with E-state index in [2.05, 4.69) is 50.9 Å². The fourth-order valence-electron chi connectivity index (χ4n) is 4.38. The van der Waals surface area contributed by atoms with Crippen molar-refractivity contribution < 1.29 is 0 Å². The number of tetrazole rings is 1. The lowest BCUT2D eigenvalue weighted by Gasteiger charge is -2.13. The summed E-state index contributed by atoms with van der Waals surface area (Å²) in [5.41, 5.74) is 4.48. The first-order valence-electron chi connectivity index (χ1n) is 12.2. The smallest absolute Gasteiger partial charge is 0.314 e. The maximum Gasteiger partial charge on any atom is 0.335 e. The molecule has 10 nitrogen and oxygen atoms in total. The highest BCUT2D eigenvalue weighted by Gasteiger charge is 2.18. The van der Waals surface area contributed by atoms with Crippen LogP contribution in [0.1, 0.15) is 51.0 Å². The standard InChI is InChI=1S/C26H29N9O/c1-4-8-21-17-35(25-27-13-14-33(25)18(3)5-2)26(36)34(21)16-20-12-11-19(15-28-20)22-9-6-7-10-23(22)24-29-31-32-30-24/h6-7,9-15,17-18H,4-5,8,16H2,1-3H3,(H,29,30,31,32).